The van der Waals surface area contributed by atoms with Gasteiger partial charge < -0.3 is 10.0 Å². The Labute approximate surface area is 68.0 Å². The number of rotatable bonds is 5. The van der Waals surface area contributed by atoms with Crippen LogP contribution in [0.15, 0.2) is 0 Å². The number of nitrogens with zero attached hydrogens (tertiary/aromatic N) is 1. The summed E-state index contributed by atoms with van der Waals surface area (Å²) >= 11 is 0. The zero-order chi connectivity index (χ0) is 8.69. The van der Waals surface area contributed by atoms with Crippen LogP contribution < -0.4 is 0 Å². The topological polar surface area (TPSA) is 40.5 Å². The molecule has 3 heteroatoms. The molecule has 0 atom stereocenters. The highest BCUT2D eigenvalue weighted by Gasteiger charge is 2.05. The standard InChI is InChI=1S/C8H17NO2/c1-3-4-6-9(2)8(11)5-7-10/h10H,3-7H2,1-2H3. The summed E-state index contributed by atoms with van der Waals surface area (Å²) < 4.78 is 0. The number of hydrogen-bond acceptors (Lipinski definition) is 2. The Morgan fingerprint density at radius 1 is 1.55 bits per heavy atom. The fourth-order valence-electron chi connectivity index (χ4n) is 0.806. The van der Waals surface area contributed by atoms with Gasteiger partial charge in [-0.25, -0.2) is 0 Å². The van der Waals surface area contributed by atoms with Gasteiger partial charge in [-0.3, -0.25) is 4.79 Å². The molecule has 0 radical (unpaired) electrons. The van der Waals surface area contributed by atoms with Crippen molar-refractivity contribution in [1.29, 1.82) is 0 Å². The molecule has 0 unspecified atom stereocenters. The Kier molecular flexibility index (Phi) is 5.84. The molecule has 0 bridgehead atoms. The quantitative estimate of drug-likeness (QED) is 0.639. The second kappa shape index (κ2) is 6.16. The van der Waals surface area contributed by atoms with E-state index < -0.39 is 0 Å². The molecule has 0 aliphatic heterocycles. The molecular weight excluding hydrogens is 142 g/mol. The van der Waals surface area contributed by atoms with Crippen molar-refractivity contribution in [2.45, 2.75) is 26.2 Å². The Bertz CT molecular complexity index is 115. The Hall–Kier alpha value is -0.570. The molecule has 0 spiro atoms. The number of carbonyl (C=O) groups excluding carboxylic acids is 1. The number of carbonyl (C=O) groups is 1. The molecule has 0 aromatic carbocycles. The molecule has 0 rings (SSSR count). The third kappa shape index (κ3) is 4.79. The fraction of sp³-hybridized carbons (Fsp3) is 0.875. The second-order valence-corrected chi connectivity index (χ2v) is 2.64. The van der Waals surface area contributed by atoms with Gasteiger partial charge in [0.2, 0.25) is 5.91 Å². The summed E-state index contributed by atoms with van der Waals surface area (Å²) in [5.74, 6) is 0.0287. The summed E-state index contributed by atoms with van der Waals surface area (Å²) in [6, 6.07) is 0. The lowest BCUT2D eigenvalue weighted by atomic mass is 10.3. The van der Waals surface area contributed by atoms with Gasteiger partial charge in [-0.1, -0.05) is 13.3 Å². The predicted octanol–water partition coefficient (Wildman–Crippen LogP) is 0.627. The van der Waals surface area contributed by atoms with Crippen molar-refractivity contribution in [3.8, 4) is 0 Å². The van der Waals surface area contributed by atoms with Crippen LogP contribution in [0.4, 0.5) is 0 Å². The molecule has 1 amide bonds. The van der Waals surface area contributed by atoms with Crippen molar-refractivity contribution in [3.63, 3.8) is 0 Å². The smallest absolute Gasteiger partial charge is 0.224 e. The monoisotopic (exact) mass is 159 g/mol. The van der Waals surface area contributed by atoms with E-state index in [1.54, 1.807) is 11.9 Å². The maximum Gasteiger partial charge on any atom is 0.224 e. The molecule has 3 nitrogen and oxygen atoms in total. The summed E-state index contributed by atoms with van der Waals surface area (Å²) in [6.45, 7) is 2.84. The Balaban J connectivity index is 3.46. The first-order chi connectivity index (χ1) is 5.22. The van der Waals surface area contributed by atoms with Crippen LogP contribution in [0.5, 0.6) is 0 Å². The largest absolute Gasteiger partial charge is 0.396 e. The lowest BCUT2D eigenvalue weighted by Gasteiger charge is -2.15. The van der Waals surface area contributed by atoms with Crippen LogP contribution in [-0.2, 0) is 4.79 Å². The molecule has 0 saturated carbocycles. The third-order valence-corrected chi connectivity index (χ3v) is 1.60. The van der Waals surface area contributed by atoms with E-state index >= 15 is 0 Å². The van der Waals surface area contributed by atoms with E-state index in [4.69, 9.17) is 5.11 Å². The first kappa shape index (κ1) is 10.4. The maximum atomic E-state index is 11.0. The zero-order valence-electron chi connectivity index (χ0n) is 7.34. The Morgan fingerprint density at radius 2 is 2.18 bits per heavy atom. The summed E-state index contributed by atoms with van der Waals surface area (Å²) in [4.78, 5) is 12.7. The molecule has 0 aromatic rings. The molecular formula is C8H17NO2. The van der Waals surface area contributed by atoms with Gasteiger partial charge in [0.15, 0.2) is 0 Å². The van der Waals surface area contributed by atoms with Gasteiger partial charge in [0, 0.05) is 20.0 Å². The van der Waals surface area contributed by atoms with Gasteiger partial charge in [0.1, 0.15) is 0 Å². The van der Waals surface area contributed by atoms with E-state index in [0.29, 0.717) is 0 Å². The minimum atomic E-state index is -0.0463. The normalized spacial score (nSPS) is 9.73. The average Bonchev–Trinajstić information content (AvgIpc) is 2.00. The van der Waals surface area contributed by atoms with Gasteiger partial charge in [-0.2, -0.15) is 0 Å². The molecule has 0 aliphatic carbocycles. The van der Waals surface area contributed by atoms with E-state index in [0.717, 1.165) is 19.4 Å². The van der Waals surface area contributed by atoms with Crippen molar-refractivity contribution in [3.05, 3.63) is 0 Å². The zero-order valence-corrected chi connectivity index (χ0v) is 7.34. The van der Waals surface area contributed by atoms with Crippen LogP contribution in [0, 0.1) is 0 Å². The van der Waals surface area contributed by atoms with Crippen LogP contribution in [0.3, 0.4) is 0 Å². The van der Waals surface area contributed by atoms with Crippen LogP contribution in [0.25, 0.3) is 0 Å². The first-order valence-electron chi connectivity index (χ1n) is 4.07. The molecule has 0 aliphatic rings. The van der Waals surface area contributed by atoms with Crippen LogP contribution in [-0.4, -0.2) is 36.1 Å². The molecule has 0 aromatic heterocycles. The molecule has 0 heterocycles. The average molecular weight is 159 g/mol. The van der Waals surface area contributed by atoms with Gasteiger partial charge in [-0.15, -0.1) is 0 Å². The first-order valence-corrected chi connectivity index (χ1v) is 4.07. The summed E-state index contributed by atoms with van der Waals surface area (Å²) in [7, 11) is 1.77. The highest BCUT2D eigenvalue weighted by molar-refractivity contribution is 5.75. The third-order valence-electron chi connectivity index (χ3n) is 1.60. The van der Waals surface area contributed by atoms with E-state index in [1.165, 1.54) is 0 Å². The summed E-state index contributed by atoms with van der Waals surface area (Å²) in [6.07, 6.45) is 2.38. The predicted molar refractivity (Wildman–Crippen MR) is 44.2 cm³/mol. The minimum Gasteiger partial charge on any atom is -0.396 e. The summed E-state index contributed by atoms with van der Waals surface area (Å²) in [5, 5.41) is 8.46. The minimum absolute atomic E-state index is 0.0287. The fourth-order valence-corrected chi connectivity index (χ4v) is 0.806. The van der Waals surface area contributed by atoms with Crippen molar-refractivity contribution in [2.75, 3.05) is 20.2 Å². The van der Waals surface area contributed by atoms with Crippen LogP contribution >= 0.6 is 0 Å². The van der Waals surface area contributed by atoms with Crippen molar-refractivity contribution in [1.82, 2.24) is 4.90 Å². The highest BCUT2D eigenvalue weighted by atomic mass is 16.3. The number of amides is 1. The van der Waals surface area contributed by atoms with E-state index in [9.17, 15) is 4.79 Å². The molecule has 0 saturated heterocycles. The van der Waals surface area contributed by atoms with Gasteiger partial charge in [0.05, 0.1) is 6.61 Å². The maximum absolute atomic E-state index is 11.0. The van der Waals surface area contributed by atoms with E-state index in [1.807, 2.05) is 0 Å². The van der Waals surface area contributed by atoms with Crippen molar-refractivity contribution < 1.29 is 9.90 Å². The molecule has 11 heavy (non-hydrogen) atoms. The lowest BCUT2D eigenvalue weighted by molar-refractivity contribution is -0.130. The number of hydrogen-bond donors (Lipinski definition) is 1. The Morgan fingerprint density at radius 3 is 2.64 bits per heavy atom. The van der Waals surface area contributed by atoms with E-state index in [2.05, 4.69) is 6.92 Å². The highest BCUT2D eigenvalue weighted by Crippen LogP contribution is 1.94. The number of unbranched alkanes of at least 4 members (excludes halogenated alkanes) is 1. The van der Waals surface area contributed by atoms with Crippen LogP contribution in [0.2, 0.25) is 0 Å². The molecule has 0 fully saturated rings. The van der Waals surface area contributed by atoms with Gasteiger partial charge in [0.25, 0.3) is 0 Å². The van der Waals surface area contributed by atoms with Crippen LogP contribution in [0.1, 0.15) is 26.2 Å². The van der Waals surface area contributed by atoms with Crippen molar-refractivity contribution in [2.24, 2.45) is 0 Å². The van der Waals surface area contributed by atoms with E-state index in [-0.39, 0.29) is 18.9 Å². The molecule has 66 valence electrons. The lowest BCUT2D eigenvalue weighted by Crippen LogP contribution is -2.28. The van der Waals surface area contributed by atoms with Crippen molar-refractivity contribution >= 4 is 5.91 Å². The number of aliphatic hydroxyl groups is 1. The second-order valence-electron chi connectivity index (χ2n) is 2.64. The SMILES string of the molecule is CCCCN(C)C(=O)CCO. The van der Waals surface area contributed by atoms with Gasteiger partial charge >= 0.3 is 0 Å². The number of aliphatic hydroxyl groups excluding tert-OH is 1. The molecule has 1 N–H and O–H groups in total. The van der Waals surface area contributed by atoms with Gasteiger partial charge in [-0.05, 0) is 6.42 Å². The summed E-state index contributed by atoms with van der Waals surface area (Å²) in [5.41, 5.74) is 0.